The number of hydrogen-bond acceptors (Lipinski definition) is 4. The van der Waals surface area contributed by atoms with Crippen molar-refractivity contribution in [1.29, 1.82) is 0 Å². The summed E-state index contributed by atoms with van der Waals surface area (Å²) in [5.74, 6) is 0.734. The zero-order chi connectivity index (χ0) is 21.1. The standard InChI is InChI=1S/C24H23FN2O2S/c1-15(2)14-29-21-12-11-16(17-7-3-4-8-18(17)21)13-22-23(28)27-24(30-22)26-20-10-6-5-9-19(20)25/h3-13,15,24,26H,14H2,1-2H3,(H,27,28)/b22-13-. The second kappa shape index (κ2) is 8.79. The van der Waals surface area contributed by atoms with Crippen LogP contribution in [0.15, 0.2) is 65.6 Å². The van der Waals surface area contributed by atoms with Gasteiger partial charge in [0.15, 0.2) is 5.50 Å². The molecule has 4 nitrogen and oxygen atoms in total. The first-order valence-electron chi connectivity index (χ1n) is 9.86. The monoisotopic (exact) mass is 422 g/mol. The lowest BCUT2D eigenvalue weighted by atomic mass is 10.0. The van der Waals surface area contributed by atoms with E-state index in [2.05, 4.69) is 24.5 Å². The molecule has 30 heavy (non-hydrogen) atoms. The summed E-state index contributed by atoms with van der Waals surface area (Å²) in [5, 5.41) is 7.90. The molecule has 2 N–H and O–H groups in total. The van der Waals surface area contributed by atoms with Gasteiger partial charge in [0, 0.05) is 5.39 Å². The Morgan fingerprint density at radius 3 is 2.60 bits per heavy atom. The number of benzene rings is 3. The second-order valence-electron chi connectivity index (χ2n) is 7.51. The Bertz CT molecular complexity index is 1110. The summed E-state index contributed by atoms with van der Waals surface area (Å²) in [5.41, 5.74) is 0.862. The third-order valence-corrected chi connectivity index (χ3v) is 5.70. The largest absolute Gasteiger partial charge is 0.493 e. The first kappa shape index (κ1) is 20.3. The van der Waals surface area contributed by atoms with Gasteiger partial charge in [-0.25, -0.2) is 4.39 Å². The SMILES string of the molecule is CC(C)COc1ccc(/C=C2\SC(Nc3ccccc3F)NC2=O)c2ccccc12. The molecule has 0 aliphatic carbocycles. The highest BCUT2D eigenvalue weighted by Gasteiger charge is 2.27. The van der Waals surface area contributed by atoms with Crippen LogP contribution in [0.5, 0.6) is 5.75 Å². The lowest BCUT2D eigenvalue weighted by molar-refractivity contribution is -0.116. The first-order chi connectivity index (χ1) is 14.5. The number of nitrogens with one attached hydrogen (secondary N) is 2. The molecule has 1 fully saturated rings. The molecule has 6 heteroatoms. The summed E-state index contributed by atoms with van der Waals surface area (Å²) in [6.45, 7) is 4.87. The number of ether oxygens (including phenoxy) is 1. The summed E-state index contributed by atoms with van der Waals surface area (Å²) in [4.78, 5) is 13.1. The maximum Gasteiger partial charge on any atom is 0.260 e. The lowest BCUT2D eigenvalue weighted by Crippen LogP contribution is -2.31. The molecule has 0 bridgehead atoms. The van der Waals surface area contributed by atoms with Gasteiger partial charge in [-0.05, 0) is 41.1 Å². The minimum Gasteiger partial charge on any atom is -0.493 e. The van der Waals surface area contributed by atoms with Crippen molar-refractivity contribution in [3.63, 3.8) is 0 Å². The zero-order valence-electron chi connectivity index (χ0n) is 16.8. The van der Waals surface area contributed by atoms with Crippen LogP contribution in [0.25, 0.3) is 16.8 Å². The summed E-state index contributed by atoms with van der Waals surface area (Å²) in [6.07, 6.45) is 1.87. The summed E-state index contributed by atoms with van der Waals surface area (Å²) >= 11 is 1.34. The third kappa shape index (κ3) is 4.44. The van der Waals surface area contributed by atoms with Gasteiger partial charge in [-0.15, -0.1) is 0 Å². The van der Waals surface area contributed by atoms with Gasteiger partial charge in [-0.2, -0.15) is 0 Å². The number of carbonyl (C=O) groups excluding carboxylic acids is 1. The van der Waals surface area contributed by atoms with E-state index in [1.54, 1.807) is 18.2 Å². The Morgan fingerprint density at radius 1 is 1.10 bits per heavy atom. The van der Waals surface area contributed by atoms with E-state index in [1.807, 2.05) is 42.5 Å². The average Bonchev–Trinajstić information content (AvgIpc) is 3.08. The molecule has 1 atom stereocenters. The quantitative estimate of drug-likeness (QED) is 0.507. The van der Waals surface area contributed by atoms with Gasteiger partial charge >= 0.3 is 0 Å². The molecule has 1 heterocycles. The number of thioether (sulfide) groups is 1. The smallest absolute Gasteiger partial charge is 0.260 e. The Labute approximate surface area is 179 Å². The molecular formula is C24H23FN2O2S. The van der Waals surface area contributed by atoms with Gasteiger partial charge in [0.1, 0.15) is 11.6 Å². The number of halogens is 1. The van der Waals surface area contributed by atoms with E-state index in [0.717, 1.165) is 22.1 Å². The lowest BCUT2D eigenvalue weighted by Gasteiger charge is -2.13. The van der Waals surface area contributed by atoms with Crippen LogP contribution in [0.1, 0.15) is 19.4 Å². The van der Waals surface area contributed by atoms with E-state index in [0.29, 0.717) is 23.1 Å². The molecule has 0 aromatic heterocycles. The highest BCUT2D eigenvalue weighted by molar-refractivity contribution is 8.05. The fourth-order valence-electron chi connectivity index (χ4n) is 3.23. The third-order valence-electron chi connectivity index (χ3n) is 4.67. The first-order valence-corrected chi connectivity index (χ1v) is 10.7. The Balaban J connectivity index is 1.59. The number of fused-ring (bicyclic) bond motifs is 1. The average molecular weight is 423 g/mol. The Kier molecular flexibility index (Phi) is 5.95. The topological polar surface area (TPSA) is 50.4 Å². The van der Waals surface area contributed by atoms with E-state index in [4.69, 9.17) is 4.74 Å². The van der Waals surface area contributed by atoms with Crippen LogP contribution in [0.2, 0.25) is 0 Å². The van der Waals surface area contributed by atoms with Crippen LogP contribution in [0.3, 0.4) is 0 Å². The van der Waals surface area contributed by atoms with E-state index in [9.17, 15) is 9.18 Å². The Morgan fingerprint density at radius 2 is 1.83 bits per heavy atom. The highest BCUT2D eigenvalue weighted by atomic mass is 32.2. The molecule has 0 saturated carbocycles. The van der Waals surface area contributed by atoms with Gasteiger partial charge in [0.05, 0.1) is 17.2 Å². The number of para-hydroxylation sites is 1. The van der Waals surface area contributed by atoms with Gasteiger partial charge in [0.25, 0.3) is 5.91 Å². The molecular weight excluding hydrogens is 399 g/mol. The van der Waals surface area contributed by atoms with Crippen molar-refractivity contribution in [2.75, 3.05) is 11.9 Å². The van der Waals surface area contributed by atoms with E-state index >= 15 is 0 Å². The van der Waals surface area contributed by atoms with Crippen LogP contribution in [0, 0.1) is 11.7 Å². The molecule has 1 unspecified atom stereocenters. The molecule has 3 aromatic rings. The van der Waals surface area contributed by atoms with Crippen LogP contribution >= 0.6 is 11.8 Å². The van der Waals surface area contributed by atoms with Crippen molar-refractivity contribution in [3.05, 3.63) is 76.9 Å². The van der Waals surface area contributed by atoms with Crippen molar-refractivity contribution >= 4 is 40.2 Å². The number of hydrogen-bond donors (Lipinski definition) is 2. The second-order valence-corrected chi connectivity index (χ2v) is 8.65. The molecule has 3 aromatic carbocycles. The fraction of sp³-hybridized carbons (Fsp3) is 0.208. The normalized spacial score (nSPS) is 17.5. The van der Waals surface area contributed by atoms with Gasteiger partial charge < -0.3 is 15.4 Å². The minimum atomic E-state index is -0.430. The predicted octanol–water partition coefficient (Wildman–Crippen LogP) is 5.61. The minimum absolute atomic E-state index is 0.182. The predicted molar refractivity (Wildman–Crippen MR) is 122 cm³/mol. The number of anilines is 1. The molecule has 0 radical (unpaired) electrons. The summed E-state index contributed by atoms with van der Waals surface area (Å²) in [6, 6.07) is 18.3. The molecule has 0 spiro atoms. The van der Waals surface area contributed by atoms with Crippen LogP contribution in [-0.2, 0) is 4.79 Å². The van der Waals surface area contributed by atoms with Crippen molar-refractivity contribution in [3.8, 4) is 5.75 Å². The molecule has 1 amide bonds. The van der Waals surface area contributed by atoms with E-state index < -0.39 is 5.50 Å². The maximum atomic E-state index is 13.9. The number of rotatable bonds is 6. The summed E-state index contributed by atoms with van der Waals surface area (Å²) < 4.78 is 19.9. The van der Waals surface area contributed by atoms with E-state index in [1.165, 1.54) is 17.8 Å². The highest BCUT2D eigenvalue weighted by Crippen LogP contribution is 2.34. The van der Waals surface area contributed by atoms with Gasteiger partial charge in [-0.3, -0.25) is 4.79 Å². The molecule has 4 rings (SSSR count). The van der Waals surface area contributed by atoms with Crippen molar-refractivity contribution in [2.24, 2.45) is 5.92 Å². The number of amides is 1. The van der Waals surface area contributed by atoms with Crippen molar-refractivity contribution in [1.82, 2.24) is 5.32 Å². The van der Waals surface area contributed by atoms with Crippen LogP contribution in [-0.4, -0.2) is 18.0 Å². The van der Waals surface area contributed by atoms with E-state index in [-0.39, 0.29) is 11.7 Å². The molecule has 1 saturated heterocycles. The van der Waals surface area contributed by atoms with Gasteiger partial charge in [-0.1, -0.05) is 68.1 Å². The Hall–Kier alpha value is -2.99. The van der Waals surface area contributed by atoms with Crippen molar-refractivity contribution in [2.45, 2.75) is 19.3 Å². The molecule has 154 valence electrons. The molecule has 1 aliphatic rings. The van der Waals surface area contributed by atoms with Crippen LogP contribution in [0.4, 0.5) is 10.1 Å². The maximum absolute atomic E-state index is 13.9. The number of carbonyl (C=O) groups is 1. The molecule has 1 aliphatic heterocycles. The van der Waals surface area contributed by atoms with Gasteiger partial charge in [0.2, 0.25) is 0 Å². The van der Waals surface area contributed by atoms with Crippen LogP contribution < -0.4 is 15.4 Å². The summed E-state index contributed by atoms with van der Waals surface area (Å²) in [7, 11) is 0. The fourth-order valence-corrected chi connectivity index (χ4v) is 4.20. The van der Waals surface area contributed by atoms with Crippen molar-refractivity contribution < 1.29 is 13.9 Å². The zero-order valence-corrected chi connectivity index (χ0v) is 17.6.